The molecule has 2 aromatic rings. The molecule has 19 heavy (non-hydrogen) atoms. The first-order valence-electron chi connectivity index (χ1n) is 7.45. The molecule has 3 atom stereocenters. The van der Waals surface area contributed by atoms with Crippen molar-refractivity contribution in [3.8, 4) is 0 Å². The molecule has 1 aromatic carbocycles. The van der Waals surface area contributed by atoms with Crippen LogP contribution in [-0.2, 0) is 0 Å². The third-order valence-electron chi connectivity index (χ3n) is 4.39. The summed E-state index contributed by atoms with van der Waals surface area (Å²) in [6.07, 6.45) is 5.39. The van der Waals surface area contributed by atoms with Crippen molar-refractivity contribution in [2.45, 2.75) is 51.6 Å². The molecule has 1 aliphatic carbocycles. The smallest absolute Gasteiger partial charge is 0.124 e. The third-order valence-corrected chi connectivity index (χ3v) is 4.39. The van der Waals surface area contributed by atoms with Gasteiger partial charge in [-0.05, 0) is 37.8 Å². The van der Waals surface area contributed by atoms with E-state index in [2.05, 4.69) is 41.3 Å². The Morgan fingerprint density at radius 1 is 1.26 bits per heavy atom. The van der Waals surface area contributed by atoms with Crippen LogP contribution in [0.15, 0.2) is 24.3 Å². The summed E-state index contributed by atoms with van der Waals surface area (Å²) < 4.78 is 0. The van der Waals surface area contributed by atoms with E-state index in [1.807, 2.05) is 12.1 Å². The number of hydrogen-bond donors (Lipinski definition) is 2. The van der Waals surface area contributed by atoms with Crippen molar-refractivity contribution in [1.82, 2.24) is 15.3 Å². The highest BCUT2D eigenvalue weighted by molar-refractivity contribution is 5.74. The second-order valence-electron chi connectivity index (χ2n) is 5.90. The van der Waals surface area contributed by atoms with Gasteiger partial charge >= 0.3 is 0 Å². The first-order chi connectivity index (χ1) is 9.24. The number of fused-ring (bicyclic) bond motifs is 1. The van der Waals surface area contributed by atoms with Gasteiger partial charge in [-0.15, -0.1) is 0 Å². The maximum Gasteiger partial charge on any atom is 0.124 e. The molecule has 102 valence electrons. The van der Waals surface area contributed by atoms with E-state index in [1.54, 1.807) is 0 Å². The van der Waals surface area contributed by atoms with E-state index in [9.17, 15) is 0 Å². The van der Waals surface area contributed by atoms with Crippen molar-refractivity contribution in [3.63, 3.8) is 0 Å². The Hall–Kier alpha value is -1.35. The van der Waals surface area contributed by atoms with Crippen LogP contribution in [0.3, 0.4) is 0 Å². The average molecular weight is 257 g/mol. The first kappa shape index (κ1) is 12.7. The second-order valence-corrected chi connectivity index (χ2v) is 5.90. The van der Waals surface area contributed by atoms with Crippen LogP contribution >= 0.6 is 0 Å². The minimum atomic E-state index is 0.290. The van der Waals surface area contributed by atoms with Crippen LogP contribution in [0.25, 0.3) is 11.0 Å². The number of H-pyrrole nitrogens is 1. The minimum Gasteiger partial charge on any atom is -0.341 e. The summed E-state index contributed by atoms with van der Waals surface area (Å²) in [5, 5.41) is 3.75. The van der Waals surface area contributed by atoms with Gasteiger partial charge in [0.15, 0.2) is 0 Å². The molecule has 3 nitrogen and oxygen atoms in total. The van der Waals surface area contributed by atoms with Crippen LogP contribution < -0.4 is 5.32 Å². The Balaban J connectivity index is 1.74. The van der Waals surface area contributed by atoms with E-state index in [-0.39, 0.29) is 6.04 Å². The largest absolute Gasteiger partial charge is 0.341 e. The summed E-state index contributed by atoms with van der Waals surface area (Å²) in [6.45, 7) is 4.57. The Kier molecular flexibility index (Phi) is 3.56. The first-order valence-corrected chi connectivity index (χ1v) is 7.45. The molecule has 3 heteroatoms. The lowest BCUT2D eigenvalue weighted by molar-refractivity contribution is 0.261. The van der Waals surface area contributed by atoms with Crippen LogP contribution in [0, 0.1) is 5.92 Å². The molecule has 0 spiro atoms. The summed E-state index contributed by atoms with van der Waals surface area (Å²) in [4.78, 5) is 8.11. The predicted octanol–water partition coefficient (Wildman–Crippen LogP) is 3.79. The van der Waals surface area contributed by atoms with E-state index < -0.39 is 0 Å². The fourth-order valence-corrected chi connectivity index (χ4v) is 3.14. The maximum absolute atomic E-state index is 4.69. The lowest BCUT2D eigenvalue weighted by Gasteiger charge is -2.31. The summed E-state index contributed by atoms with van der Waals surface area (Å²) in [5.41, 5.74) is 2.19. The lowest BCUT2D eigenvalue weighted by atomic mass is 9.85. The predicted molar refractivity (Wildman–Crippen MR) is 79.1 cm³/mol. The molecule has 1 saturated carbocycles. The number of rotatable bonds is 3. The number of imidazole rings is 1. The van der Waals surface area contributed by atoms with Gasteiger partial charge in [-0.3, -0.25) is 0 Å². The van der Waals surface area contributed by atoms with Gasteiger partial charge in [-0.1, -0.05) is 31.9 Å². The lowest BCUT2D eigenvalue weighted by Crippen LogP contribution is -2.39. The molecule has 3 rings (SSSR count). The molecule has 0 bridgehead atoms. The molecule has 0 saturated heterocycles. The van der Waals surface area contributed by atoms with Gasteiger partial charge in [-0.2, -0.15) is 0 Å². The zero-order chi connectivity index (χ0) is 13.2. The number of aromatic amines is 1. The normalized spacial score (nSPS) is 25.6. The van der Waals surface area contributed by atoms with E-state index in [0.29, 0.717) is 6.04 Å². The molecule has 0 radical (unpaired) electrons. The van der Waals surface area contributed by atoms with Gasteiger partial charge in [0.2, 0.25) is 0 Å². The Morgan fingerprint density at radius 2 is 2.05 bits per heavy atom. The van der Waals surface area contributed by atoms with Gasteiger partial charge in [0.1, 0.15) is 5.82 Å². The molecule has 1 heterocycles. The molecule has 1 fully saturated rings. The van der Waals surface area contributed by atoms with Gasteiger partial charge in [0.05, 0.1) is 17.1 Å². The van der Waals surface area contributed by atoms with Crippen LogP contribution in [0.5, 0.6) is 0 Å². The number of para-hydroxylation sites is 2. The molecule has 3 unspecified atom stereocenters. The molecule has 0 amide bonds. The monoisotopic (exact) mass is 257 g/mol. The highest BCUT2D eigenvalue weighted by atomic mass is 15.0. The Bertz CT molecular complexity index is 513. The fraction of sp³-hybridized carbons (Fsp3) is 0.562. The standard InChI is InChI=1S/C16H23N3/c1-11-7-3-4-8-13(11)17-12(2)16-18-14-9-5-6-10-15(14)19-16/h5-6,9-13,17H,3-4,7-8H2,1-2H3,(H,18,19). The van der Waals surface area contributed by atoms with E-state index in [1.165, 1.54) is 25.7 Å². The highest BCUT2D eigenvalue weighted by Gasteiger charge is 2.23. The summed E-state index contributed by atoms with van der Waals surface area (Å²) in [7, 11) is 0. The summed E-state index contributed by atoms with van der Waals surface area (Å²) in [5.74, 6) is 1.83. The zero-order valence-corrected chi connectivity index (χ0v) is 11.8. The number of nitrogens with one attached hydrogen (secondary N) is 2. The van der Waals surface area contributed by atoms with Gasteiger partial charge < -0.3 is 10.3 Å². The molecular formula is C16H23N3. The van der Waals surface area contributed by atoms with Crippen LogP contribution in [0.2, 0.25) is 0 Å². The summed E-state index contributed by atoms with van der Waals surface area (Å²) >= 11 is 0. The molecule has 1 aliphatic rings. The van der Waals surface area contributed by atoms with Crippen molar-refractivity contribution in [3.05, 3.63) is 30.1 Å². The number of benzene rings is 1. The van der Waals surface area contributed by atoms with Crippen molar-refractivity contribution in [2.75, 3.05) is 0 Å². The quantitative estimate of drug-likeness (QED) is 0.878. The Labute approximate surface area is 114 Å². The van der Waals surface area contributed by atoms with E-state index in [4.69, 9.17) is 0 Å². The second kappa shape index (κ2) is 5.33. The molecule has 0 aliphatic heterocycles. The van der Waals surface area contributed by atoms with Gasteiger partial charge in [0, 0.05) is 6.04 Å². The molecule has 1 aromatic heterocycles. The Morgan fingerprint density at radius 3 is 2.84 bits per heavy atom. The zero-order valence-electron chi connectivity index (χ0n) is 11.8. The fourth-order valence-electron chi connectivity index (χ4n) is 3.14. The number of nitrogens with zero attached hydrogens (tertiary/aromatic N) is 1. The van der Waals surface area contributed by atoms with Crippen molar-refractivity contribution >= 4 is 11.0 Å². The number of hydrogen-bond acceptors (Lipinski definition) is 2. The van der Waals surface area contributed by atoms with E-state index in [0.717, 1.165) is 22.8 Å². The van der Waals surface area contributed by atoms with Crippen LogP contribution in [0.4, 0.5) is 0 Å². The van der Waals surface area contributed by atoms with Gasteiger partial charge in [-0.25, -0.2) is 4.98 Å². The third kappa shape index (κ3) is 2.66. The van der Waals surface area contributed by atoms with Gasteiger partial charge in [0.25, 0.3) is 0 Å². The topological polar surface area (TPSA) is 40.7 Å². The summed E-state index contributed by atoms with van der Waals surface area (Å²) in [6, 6.07) is 9.15. The average Bonchev–Trinajstić information content (AvgIpc) is 2.85. The van der Waals surface area contributed by atoms with Crippen molar-refractivity contribution in [2.24, 2.45) is 5.92 Å². The van der Waals surface area contributed by atoms with Crippen molar-refractivity contribution < 1.29 is 0 Å². The molecule has 2 N–H and O–H groups in total. The molecular weight excluding hydrogens is 234 g/mol. The minimum absolute atomic E-state index is 0.290. The highest BCUT2D eigenvalue weighted by Crippen LogP contribution is 2.26. The maximum atomic E-state index is 4.69. The SMILES string of the molecule is CC(NC1CCCCC1C)c1nc2ccccc2[nH]1. The van der Waals surface area contributed by atoms with Crippen LogP contribution in [-0.4, -0.2) is 16.0 Å². The van der Waals surface area contributed by atoms with Crippen molar-refractivity contribution in [1.29, 1.82) is 0 Å². The van der Waals surface area contributed by atoms with E-state index >= 15 is 0 Å². The van der Waals surface area contributed by atoms with Crippen LogP contribution in [0.1, 0.15) is 51.4 Å². The number of aromatic nitrogens is 2.